The minimum Gasteiger partial charge on any atom is -0.382 e. The van der Waals surface area contributed by atoms with E-state index in [0.29, 0.717) is 31.4 Å². The predicted octanol–water partition coefficient (Wildman–Crippen LogP) is 2.14. The second-order valence-corrected chi connectivity index (χ2v) is 4.09. The third-order valence-corrected chi connectivity index (χ3v) is 2.55. The van der Waals surface area contributed by atoms with Crippen molar-refractivity contribution in [2.45, 2.75) is 13.3 Å². The minimum absolute atomic E-state index is 0.0708. The number of ether oxygens (including phenoxy) is 1. The van der Waals surface area contributed by atoms with Gasteiger partial charge in [0.1, 0.15) is 5.82 Å². The molecule has 106 valence electrons. The van der Waals surface area contributed by atoms with Crippen LogP contribution in [0.15, 0.2) is 23.2 Å². The van der Waals surface area contributed by atoms with Crippen LogP contribution in [0.2, 0.25) is 5.02 Å². The Labute approximate surface area is 117 Å². The lowest BCUT2D eigenvalue weighted by Crippen LogP contribution is -2.36. The van der Waals surface area contributed by atoms with E-state index in [1.807, 2.05) is 6.92 Å². The van der Waals surface area contributed by atoms with Crippen molar-refractivity contribution < 1.29 is 9.13 Å². The summed E-state index contributed by atoms with van der Waals surface area (Å²) < 4.78 is 18.4. The molecule has 0 fully saturated rings. The Kier molecular flexibility index (Phi) is 7.17. The van der Waals surface area contributed by atoms with Gasteiger partial charge in [0.25, 0.3) is 0 Å². The van der Waals surface area contributed by atoms with E-state index in [-0.39, 0.29) is 5.02 Å². The van der Waals surface area contributed by atoms with Gasteiger partial charge in [0, 0.05) is 25.4 Å². The van der Waals surface area contributed by atoms with Crippen molar-refractivity contribution >= 4 is 23.2 Å². The number of nitrogens with zero attached hydrogens (tertiary/aromatic N) is 1. The summed E-state index contributed by atoms with van der Waals surface area (Å²) in [4.78, 5) is 4.20. The molecule has 0 aromatic heterocycles. The molecule has 0 aliphatic rings. The topological polar surface area (TPSA) is 71.7 Å². The van der Waals surface area contributed by atoms with Gasteiger partial charge in [0.05, 0.1) is 5.02 Å². The largest absolute Gasteiger partial charge is 0.382 e. The van der Waals surface area contributed by atoms with Crippen molar-refractivity contribution in [3.8, 4) is 0 Å². The van der Waals surface area contributed by atoms with Gasteiger partial charge in [0.2, 0.25) is 5.96 Å². The van der Waals surface area contributed by atoms with Crippen molar-refractivity contribution in [2.24, 2.45) is 10.8 Å². The number of benzene rings is 1. The molecule has 0 aliphatic carbocycles. The first kappa shape index (κ1) is 15.7. The van der Waals surface area contributed by atoms with Gasteiger partial charge in [-0.2, -0.15) is 0 Å². The molecular formula is C12H18ClFN4O. The van der Waals surface area contributed by atoms with Crippen LogP contribution in [-0.4, -0.2) is 25.7 Å². The molecule has 0 unspecified atom stereocenters. The summed E-state index contributed by atoms with van der Waals surface area (Å²) in [5, 5.41) is 2.93. The molecule has 1 rings (SSSR count). The van der Waals surface area contributed by atoms with E-state index in [0.717, 1.165) is 6.42 Å². The zero-order valence-corrected chi connectivity index (χ0v) is 11.5. The average Bonchev–Trinajstić information content (AvgIpc) is 2.41. The van der Waals surface area contributed by atoms with Crippen molar-refractivity contribution in [2.75, 3.05) is 25.1 Å². The van der Waals surface area contributed by atoms with Crippen LogP contribution in [0.5, 0.6) is 0 Å². The number of hydrogen-bond acceptors (Lipinski definition) is 3. The van der Waals surface area contributed by atoms with Crippen molar-refractivity contribution in [1.29, 1.82) is 0 Å². The number of halogens is 2. The number of hydrazine groups is 1. The maximum absolute atomic E-state index is 13.2. The van der Waals surface area contributed by atoms with Crippen LogP contribution >= 0.6 is 11.6 Å². The Morgan fingerprint density at radius 3 is 2.95 bits per heavy atom. The Morgan fingerprint density at radius 2 is 2.32 bits per heavy atom. The normalized spacial score (nSPS) is 11.5. The monoisotopic (exact) mass is 288 g/mol. The van der Waals surface area contributed by atoms with E-state index in [1.165, 1.54) is 12.1 Å². The van der Waals surface area contributed by atoms with Crippen LogP contribution in [-0.2, 0) is 4.74 Å². The maximum atomic E-state index is 13.2. The molecule has 0 heterocycles. The standard InChI is InChI=1S/C12H18ClFN4O/c1-2-19-7-3-6-16-12(18-15)17-9-4-5-10(13)11(14)8-9/h4-5,8H,2-3,6-7,15H2,1H3,(H2,16,17,18). The number of guanidine groups is 1. The highest BCUT2D eigenvalue weighted by Gasteiger charge is 2.02. The Morgan fingerprint density at radius 1 is 1.53 bits per heavy atom. The van der Waals surface area contributed by atoms with Gasteiger partial charge in [0.15, 0.2) is 0 Å². The lowest BCUT2D eigenvalue weighted by Gasteiger charge is -2.09. The molecule has 1 aromatic rings. The van der Waals surface area contributed by atoms with Gasteiger partial charge < -0.3 is 10.1 Å². The lowest BCUT2D eigenvalue weighted by molar-refractivity contribution is 0.146. The van der Waals surface area contributed by atoms with Crippen molar-refractivity contribution in [3.63, 3.8) is 0 Å². The van der Waals surface area contributed by atoms with E-state index < -0.39 is 5.82 Å². The first-order chi connectivity index (χ1) is 9.17. The fourth-order valence-electron chi connectivity index (χ4n) is 1.33. The molecule has 0 amide bonds. The first-order valence-electron chi connectivity index (χ1n) is 5.98. The summed E-state index contributed by atoms with van der Waals surface area (Å²) in [7, 11) is 0. The summed E-state index contributed by atoms with van der Waals surface area (Å²) in [5.74, 6) is 5.19. The number of aliphatic imine (C=N–C) groups is 1. The van der Waals surface area contributed by atoms with Crippen LogP contribution in [0.3, 0.4) is 0 Å². The molecule has 0 aliphatic heterocycles. The van der Waals surface area contributed by atoms with Crippen LogP contribution in [0.25, 0.3) is 0 Å². The molecule has 0 saturated carbocycles. The van der Waals surface area contributed by atoms with E-state index in [1.54, 1.807) is 6.07 Å². The van der Waals surface area contributed by atoms with Gasteiger partial charge in [-0.3, -0.25) is 10.4 Å². The highest BCUT2D eigenvalue weighted by Crippen LogP contribution is 2.18. The summed E-state index contributed by atoms with van der Waals surface area (Å²) in [6, 6.07) is 4.37. The smallest absolute Gasteiger partial charge is 0.210 e. The summed E-state index contributed by atoms with van der Waals surface area (Å²) in [6.45, 7) is 3.83. The van der Waals surface area contributed by atoms with Gasteiger partial charge in [-0.1, -0.05) is 11.6 Å². The van der Waals surface area contributed by atoms with E-state index >= 15 is 0 Å². The first-order valence-corrected chi connectivity index (χ1v) is 6.36. The second kappa shape index (κ2) is 8.68. The minimum atomic E-state index is -0.501. The molecule has 0 radical (unpaired) electrons. The Bertz CT molecular complexity index is 428. The number of nitrogens with two attached hydrogens (primary N) is 1. The van der Waals surface area contributed by atoms with Gasteiger partial charge in [-0.05, 0) is 31.5 Å². The van der Waals surface area contributed by atoms with Gasteiger partial charge in [-0.25, -0.2) is 10.2 Å². The number of rotatable bonds is 6. The molecule has 4 N–H and O–H groups in total. The lowest BCUT2D eigenvalue weighted by atomic mass is 10.3. The van der Waals surface area contributed by atoms with Gasteiger partial charge >= 0.3 is 0 Å². The van der Waals surface area contributed by atoms with Crippen LogP contribution in [0.4, 0.5) is 10.1 Å². The van der Waals surface area contributed by atoms with E-state index in [9.17, 15) is 4.39 Å². The van der Waals surface area contributed by atoms with Crippen LogP contribution < -0.4 is 16.6 Å². The summed E-state index contributed by atoms with van der Waals surface area (Å²) >= 11 is 5.60. The molecule has 1 aromatic carbocycles. The summed E-state index contributed by atoms with van der Waals surface area (Å²) in [6.07, 6.45) is 0.787. The molecule has 7 heteroatoms. The predicted molar refractivity (Wildman–Crippen MR) is 75.8 cm³/mol. The molecule has 0 spiro atoms. The third kappa shape index (κ3) is 5.87. The Balaban J connectivity index is 2.50. The Hall–Kier alpha value is -1.37. The second-order valence-electron chi connectivity index (χ2n) is 3.68. The zero-order valence-electron chi connectivity index (χ0n) is 10.7. The average molecular weight is 289 g/mol. The van der Waals surface area contributed by atoms with E-state index in [4.69, 9.17) is 22.2 Å². The third-order valence-electron chi connectivity index (χ3n) is 2.24. The fourth-order valence-corrected chi connectivity index (χ4v) is 1.45. The molecule has 0 atom stereocenters. The molecule has 19 heavy (non-hydrogen) atoms. The maximum Gasteiger partial charge on any atom is 0.210 e. The van der Waals surface area contributed by atoms with Crippen LogP contribution in [0, 0.1) is 5.82 Å². The van der Waals surface area contributed by atoms with Crippen LogP contribution in [0.1, 0.15) is 13.3 Å². The highest BCUT2D eigenvalue weighted by atomic mass is 35.5. The molecule has 0 bridgehead atoms. The number of nitrogens with one attached hydrogen (secondary N) is 2. The molecule has 5 nitrogen and oxygen atoms in total. The zero-order chi connectivity index (χ0) is 14.1. The van der Waals surface area contributed by atoms with Crippen molar-refractivity contribution in [1.82, 2.24) is 5.43 Å². The molecule has 0 saturated heterocycles. The molecular weight excluding hydrogens is 271 g/mol. The van der Waals surface area contributed by atoms with Gasteiger partial charge in [-0.15, -0.1) is 0 Å². The van der Waals surface area contributed by atoms with Crippen molar-refractivity contribution in [3.05, 3.63) is 29.0 Å². The van der Waals surface area contributed by atoms with E-state index in [2.05, 4.69) is 15.7 Å². The quantitative estimate of drug-likeness (QED) is 0.247. The number of anilines is 1. The highest BCUT2D eigenvalue weighted by molar-refractivity contribution is 6.30. The SMILES string of the molecule is CCOCCCN=C(NN)Nc1ccc(Cl)c(F)c1. The number of hydrogen-bond donors (Lipinski definition) is 3. The summed E-state index contributed by atoms with van der Waals surface area (Å²) in [5.41, 5.74) is 2.94. The fraction of sp³-hybridized carbons (Fsp3) is 0.417.